The van der Waals surface area contributed by atoms with Crippen LogP contribution in [0.3, 0.4) is 0 Å². The van der Waals surface area contributed by atoms with E-state index in [1.807, 2.05) is 6.92 Å². The van der Waals surface area contributed by atoms with Crippen molar-refractivity contribution in [1.29, 1.82) is 5.26 Å². The van der Waals surface area contributed by atoms with Crippen LogP contribution in [0.5, 0.6) is 0 Å². The minimum absolute atomic E-state index is 0.154. The highest BCUT2D eigenvalue weighted by molar-refractivity contribution is 7.19. The molecule has 3 aromatic rings. The molecule has 0 aliphatic carbocycles. The molecular formula is C17H14N6O2S. The molecular weight excluding hydrogens is 352 g/mol. The summed E-state index contributed by atoms with van der Waals surface area (Å²) in [6.07, 6.45) is 1.43. The van der Waals surface area contributed by atoms with Gasteiger partial charge in [-0.1, -0.05) is 17.4 Å². The third kappa shape index (κ3) is 3.45. The SMILES string of the molecule is CNc1nc(C)c(-c2nc(Nc3cccc(C(=O)O)c3)ncc2C#N)s1. The molecule has 9 heteroatoms. The van der Waals surface area contributed by atoms with Crippen LogP contribution in [0.15, 0.2) is 30.5 Å². The van der Waals surface area contributed by atoms with Crippen molar-refractivity contribution in [1.82, 2.24) is 15.0 Å². The number of thiazole rings is 1. The lowest BCUT2D eigenvalue weighted by Crippen LogP contribution is -2.02. The minimum atomic E-state index is -1.02. The molecule has 130 valence electrons. The maximum absolute atomic E-state index is 11.1. The number of carboxylic acids is 1. The van der Waals surface area contributed by atoms with E-state index in [0.29, 0.717) is 16.9 Å². The highest BCUT2D eigenvalue weighted by Gasteiger charge is 2.16. The molecule has 0 aliphatic rings. The van der Waals surface area contributed by atoms with Crippen molar-refractivity contribution in [2.75, 3.05) is 17.7 Å². The second kappa shape index (κ2) is 7.16. The van der Waals surface area contributed by atoms with E-state index in [9.17, 15) is 10.1 Å². The van der Waals surface area contributed by atoms with E-state index < -0.39 is 5.97 Å². The topological polar surface area (TPSA) is 124 Å². The van der Waals surface area contributed by atoms with E-state index in [4.69, 9.17) is 5.11 Å². The zero-order valence-electron chi connectivity index (χ0n) is 13.9. The second-order valence-corrected chi connectivity index (χ2v) is 6.26. The van der Waals surface area contributed by atoms with Crippen LogP contribution in [0.4, 0.5) is 16.8 Å². The fourth-order valence-electron chi connectivity index (χ4n) is 2.28. The number of rotatable bonds is 5. The van der Waals surface area contributed by atoms with Gasteiger partial charge in [0.25, 0.3) is 0 Å². The van der Waals surface area contributed by atoms with E-state index >= 15 is 0 Å². The summed E-state index contributed by atoms with van der Waals surface area (Å²) in [5, 5.41) is 25.1. The first-order valence-electron chi connectivity index (χ1n) is 7.55. The molecule has 0 spiro atoms. The first kappa shape index (κ1) is 17.3. The largest absolute Gasteiger partial charge is 0.478 e. The average molecular weight is 366 g/mol. The molecule has 0 saturated carbocycles. The average Bonchev–Trinajstić information content (AvgIpc) is 3.02. The van der Waals surface area contributed by atoms with Crippen molar-refractivity contribution >= 4 is 34.1 Å². The summed E-state index contributed by atoms with van der Waals surface area (Å²) >= 11 is 1.39. The van der Waals surface area contributed by atoms with Crippen molar-refractivity contribution < 1.29 is 9.90 Å². The molecule has 2 heterocycles. The van der Waals surface area contributed by atoms with Crippen molar-refractivity contribution in [3.63, 3.8) is 0 Å². The van der Waals surface area contributed by atoms with Gasteiger partial charge in [-0.25, -0.2) is 19.7 Å². The van der Waals surface area contributed by atoms with Gasteiger partial charge in [0, 0.05) is 12.7 Å². The maximum Gasteiger partial charge on any atom is 0.335 e. The number of nitrogens with zero attached hydrogens (tertiary/aromatic N) is 4. The van der Waals surface area contributed by atoms with Crippen molar-refractivity contribution in [3.8, 4) is 16.6 Å². The normalized spacial score (nSPS) is 10.2. The van der Waals surface area contributed by atoms with Gasteiger partial charge in [-0.05, 0) is 25.1 Å². The molecule has 0 atom stereocenters. The Morgan fingerprint density at radius 3 is 2.81 bits per heavy atom. The second-order valence-electron chi connectivity index (χ2n) is 5.26. The predicted octanol–water partition coefficient (Wildman–Crippen LogP) is 3.26. The fraction of sp³-hybridized carbons (Fsp3) is 0.118. The zero-order chi connectivity index (χ0) is 18.7. The van der Waals surface area contributed by atoms with Gasteiger partial charge in [0.2, 0.25) is 5.95 Å². The first-order valence-corrected chi connectivity index (χ1v) is 8.36. The Labute approximate surface area is 153 Å². The summed E-state index contributed by atoms with van der Waals surface area (Å²) in [7, 11) is 1.77. The summed E-state index contributed by atoms with van der Waals surface area (Å²) in [6, 6.07) is 8.42. The molecule has 2 aromatic heterocycles. The van der Waals surface area contributed by atoms with Crippen LogP contribution in [0.2, 0.25) is 0 Å². The number of hydrogen-bond acceptors (Lipinski definition) is 8. The Morgan fingerprint density at radius 2 is 2.15 bits per heavy atom. The first-order chi connectivity index (χ1) is 12.5. The molecule has 0 fully saturated rings. The van der Waals surface area contributed by atoms with Gasteiger partial charge in [0.15, 0.2) is 5.13 Å². The predicted molar refractivity (Wildman–Crippen MR) is 98.8 cm³/mol. The summed E-state index contributed by atoms with van der Waals surface area (Å²) in [5.41, 5.74) is 2.27. The lowest BCUT2D eigenvalue weighted by Gasteiger charge is -2.08. The Bertz CT molecular complexity index is 1020. The monoisotopic (exact) mass is 366 g/mol. The number of aromatic nitrogens is 3. The van der Waals surface area contributed by atoms with Crippen molar-refractivity contribution in [2.24, 2.45) is 0 Å². The van der Waals surface area contributed by atoms with Gasteiger partial charge >= 0.3 is 5.97 Å². The smallest absolute Gasteiger partial charge is 0.335 e. The summed E-state index contributed by atoms with van der Waals surface area (Å²) in [6.45, 7) is 1.85. The summed E-state index contributed by atoms with van der Waals surface area (Å²) < 4.78 is 0. The Morgan fingerprint density at radius 1 is 1.35 bits per heavy atom. The quantitative estimate of drug-likeness (QED) is 0.628. The maximum atomic E-state index is 11.1. The molecule has 0 aliphatic heterocycles. The van der Waals surface area contributed by atoms with Crippen LogP contribution < -0.4 is 10.6 Å². The number of nitrogens with one attached hydrogen (secondary N) is 2. The Balaban J connectivity index is 2.00. The highest BCUT2D eigenvalue weighted by atomic mass is 32.1. The third-order valence-corrected chi connectivity index (χ3v) is 4.68. The van der Waals surface area contributed by atoms with Gasteiger partial charge in [-0.3, -0.25) is 0 Å². The van der Waals surface area contributed by atoms with Crippen LogP contribution >= 0.6 is 11.3 Å². The molecule has 3 N–H and O–H groups in total. The van der Waals surface area contributed by atoms with E-state index in [2.05, 4.69) is 31.7 Å². The molecule has 3 rings (SSSR count). The number of aromatic carboxylic acids is 1. The van der Waals surface area contributed by atoms with Crippen molar-refractivity contribution in [3.05, 3.63) is 47.3 Å². The minimum Gasteiger partial charge on any atom is -0.478 e. The van der Waals surface area contributed by atoms with Crippen LogP contribution in [0, 0.1) is 18.3 Å². The zero-order valence-corrected chi connectivity index (χ0v) is 14.8. The third-order valence-electron chi connectivity index (χ3n) is 3.50. The van der Waals surface area contributed by atoms with Crippen LogP contribution in [0.25, 0.3) is 10.6 Å². The number of carboxylic acid groups (broad SMARTS) is 1. The van der Waals surface area contributed by atoms with E-state index in [1.54, 1.807) is 19.2 Å². The summed E-state index contributed by atoms with van der Waals surface area (Å²) in [4.78, 5) is 24.8. The molecule has 0 radical (unpaired) electrons. The molecule has 26 heavy (non-hydrogen) atoms. The van der Waals surface area contributed by atoms with Crippen molar-refractivity contribution in [2.45, 2.75) is 6.92 Å². The summed E-state index contributed by atoms with van der Waals surface area (Å²) in [5.74, 6) is -0.754. The molecule has 0 amide bonds. The molecule has 0 unspecified atom stereocenters. The lowest BCUT2D eigenvalue weighted by atomic mass is 10.2. The van der Waals surface area contributed by atoms with Crippen LogP contribution in [-0.2, 0) is 0 Å². The Kier molecular flexibility index (Phi) is 4.77. The number of benzene rings is 1. The van der Waals surface area contributed by atoms with E-state index in [1.165, 1.54) is 29.7 Å². The number of hydrogen-bond donors (Lipinski definition) is 3. The standard InChI is InChI=1S/C17H14N6O2S/c1-9-14(26-17(19-2)21-9)13-11(7-18)8-20-16(23-13)22-12-5-3-4-10(6-12)15(24)25/h3-6,8H,1-2H3,(H,19,21)(H,24,25)(H,20,22,23). The number of carbonyl (C=O) groups is 1. The van der Waals surface area contributed by atoms with E-state index in [0.717, 1.165) is 15.7 Å². The molecule has 1 aromatic carbocycles. The highest BCUT2D eigenvalue weighted by Crippen LogP contribution is 2.33. The van der Waals surface area contributed by atoms with Gasteiger partial charge in [-0.2, -0.15) is 5.26 Å². The van der Waals surface area contributed by atoms with E-state index in [-0.39, 0.29) is 11.5 Å². The van der Waals surface area contributed by atoms with Crippen LogP contribution in [0.1, 0.15) is 21.6 Å². The van der Waals surface area contributed by atoms with Gasteiger partial charge < -0.3 is 15.7 Å². The number of aryl methyl sites for hydroxylation is 1. The number of anilines is 3. The van der Waals surface area contributed by atoms with Crippen LogP contribution in [-0.4, -0.2) is 33.1 Å². The Hall–Kier alpha value is -3.51. The molecule has 0 saturated heterocycles. The molecule has 8 nitrogen and oxygen atoms in total. The van der Waals surface area contributed by atoms with Gasteiger partial charge in [0.05, 0.1) is 27.9 Å². The van der Waals surface area contributed by atoms with Gasteiger partial charge in [0.1, 0.15) is 11.8 Å². The lowest BCUT2D eigenvalue weighted by molar-refractivity contribution is 0.0697. The van der Waals surface area contributed by atoms with Gasteiger partial charge in [-0.15, -0.1) is 0 Å². The number of nitriles is 1. The molecule has 0 bridgehead atoms. The fourth-order valence-corrected chi connectivity index (χ4v) is 3.20.